The minimum absolute atomic E-state index is 0.00107. The number of carbonyl (C=O) groups excluding carboxylic acids is 3. The summed E-state index contributed by atoms with van der Waals surface area (Å²) < 4.78 is 6.00. The lowest BCUT2D eigenvalue weighted by molar-refractivity contribution is -0.118. The molecular weight excluding hydrogens is 514 g/mol. The Kier molecular flexibility index (Phi) is 7.22. The Morgan fingerprint density at radius 3 is 2.64 bits per heavy atom. The van der Waals surface area contributed by atoms with Crippen LogP contribution in [0.5, 0.6) is 11.5 Å². The third-order valence-electron chi connectivity index (χ3n) is 8.12. The Bertz CT molecular complexity index is 1300. The van der Waals surface area contributed by atoms with Crippen LogP contribution in [0.15, 0.2) is 59.1 Å². The number of nitrogens with one attached hydrogen (secondary N) is 4. The van der Waals surface area contributed by atoms with Gasteiger partial charge in [-0.1, -0.05) is 42.8 Å². The van der Waals surface area contributed by atoms with Crippen LogP contribution < -0.4 is 30.9 Å². The fourth-order valence-corrected chi connectivity index (χ4v) is 7.71. The third-order valence-corrected chi connectivity index (χ3v) is 9.47. The van der Waals surface area contributed by atoms with Crippen LogP contribution in [0.4, 0.5) is 10.5 Å². The largest absolute Gasteiger partial charge is 0.457 e. The second-order valence-corrected chi connectivity index (χ2v) is 11.7. The van der Waals surface area contributed by atoms with Gasteiger partial charge in [0.25, 0.3) is 5.91 Å². The number of anilines is 1. The molecule has 204 valence electrons. The average Bonchev–Trinajstić information content (AvgIpc) is 3.31. The van der Waals surface area contributed by atoms with Gasteiger partial charge in [0, 0.05) is 29.4 Å². The maximum atomic E-state index is 13.6. The lowest BCUT2D eigenvalue weighted by Gasteiger charge is -2.46. The number of ether oxygens (including phenoxy) is 1. The van der Waals surface area contributed by atoms with E-state index in [4.69, 9.17) is 4.74 Å². The molecule has 39 heavy (non-hydrogen) atoms. The number of carbonyl (C=O) groups is 3. The van der Waals surface area contributed by atoms with Crippen LogP contribution in [0.25, 0.3) is 0 Å². The fraction of sp³-hybridized carbons (Fsp3) is 0.414. The maximum Gasteiger partial charge on any atom is 0.326 e. The van der Waals surface area contributed by atoms with Crippen molar-refractivity contribution >= 4 is 35.8 Å². The molecule has 2 aromatic carbocycles. The number of hydrogen-bond donors (Lipinski definition) is 4. The van der Waals surface area contributed by atoms with Gasteiger partial charge in [0.1, 0.15) is 11.5 Å². The molecule has 0 aromatic heterocycles. The molecule has 0 bridgehead atoms. The number of aryl methyl sites for hydroxylation is 1. The topological polar surface area (TPSA) is 112 Å². The maximum absolute atomic E-state index is 13.6. The Morgan fingerprint density at radius 2 is 1.87 bits per heavy atom. The third kappa shape index (κ3) is 4.98. The molecule has 3 heterocycles. The average molecular weight is 548 g/mol. The summed E-state index contributed by atoms with van der Waals surface area (Å²) in [4.78, 5) is 40.6. The highest BCUT2D eigenvalue weighted by atomic mass is 32.2. The van der Waals surface area contributed by atoms with Gasteiger partial charge in [-0.25, -0.2) is 4.79 Å². The summed E-state index contributed by atoms with van der Waals surface area (Å²) in [5.41, 5.74) is 2.49. The molecule has 10 heteroatoms. The number of hydrogen-bond acceptors (Lipinski definition) is 6. The lowest BCUT2D eigenvalue weighted by atomic mass is 9.86. The van der Waals surface area contributed by atoms with Crippen molar-refractivity contribution in [1.82, 2.24) is 21.3 Å². The molecule has 0 spiro atoms. The van der Waals surface area contributed by atoms with E-state index in [-0.39, 0.29) is 41.4 Å². The Labute approximate surface area is 232 Å². The summed E-state index contributed by atoms with van der Waals surface area (Å²) >= 11 is 1.49. The highest BCUT2D eigenvalue weighted by Crippen LogP contribution is 2.48. The first-order valence-corrected chi connectivity index (χ1v) is 14.5. The second-order valence-electron chi connectivity index (χ2n) is 10.5. The van der Waals surface area contributed by atoms with Crippen LogP contribution in [-0.4, -0.2) is 48.4 Å². The number of piperidine rings is 1. The number of nitrogens with zero attached hydrogens (tertiary/aromatic N) is 1. The van der Waals surface area contributed by atoms with Gasteiger partial charge in [0.05, 0.1) is 16.3 Å². The van der Waals surface area contributed by atoms with Crippen molar-refractivity contribution in [3.05, 3.63) is 64.7 Å². The highest BCUT2D eigenvalue weighted by molar-refractivity contribution is 8.04. The second kappa shape index (κ2) is 10.9. The number of para-hydroxylation sites is 1. The number of benzene rings is 2. The Balaban J connectivity index is 1.24. The summed E-state index contributed by atoms with van der Waals surface area (Å²) in [6.45, 7) is 2.74. The molecule has 2 aromatic rings. The van der Waals surface area contributed by atoms with Crippen molar-refractivity contribution in [3.63, 3.8) is 0 Å². The fourth-order valence-electron chi connectivity index (χ4n) is 6.31. The molecule has 9 nitrogen and oxygen atoms in total. The molecule has 3 unspecified atom stereocenters. The van der Waals surface area contributed by atoms with Crippen LogP contribution in [0.2, 0.25) is 0 Å². The molecule has 3 aliphatic heterocycles. The monoisotopic (exact) mass is 547 g/mol. The van der Waals surface area contributed by atoms with Gasteiger partial charge < -0.3 is 26.0 Å². The SMILES string of the molecule is Cc1cc(Oc2ccccc2)ccc1N1C(=O)NC2=C(C(=O)N[C@H]3CCCC[C@@H]3NC=O)SC3NCCC1C23. The summed E-state index contributed by atoms with van der Waals surface area (Å²) in [6, 6.07) is 14.9. The van der Waals surface area contributed by atoms with Crippen molar-refractivity contribution < 1.29 is 19.1 Å². The first-order valence-electron chi connectivity index (χ1n) is 13.6. The summed E-state index contributed by atoms with van der Waals surface area (Å²) in [5.74, 6) is 1.26. The van der Waals surface area contributed by atoms with Crippen LogP contribution in [0, 0.1) is 12.8 Å². The number of urea groups is 1. The summed E-state index contributed by atoms with van der Waals surface area (Å²) in [5, 5.41) is 12.7. The van der Waals surface area contributed by atoms with Crippen LogP contribution >= 0.6 is 11.8 Å². The van der Waals surface area contributed by atoms with Crippen molar-refractivity contribution in [2.75, 3.05) is 11.4 Å². The molecule has 0 radical (unpaired) electrons. The minimum Gasteiger partial charge on any atom is -0.457 e. The van der Waals surface area contributed by atoms with Gasteiger partial charge in [-0.05, 0) is 68.6 Å². The molecule has 4 aliphatic rings. The van der Waals surface area contributed by atoms with Gasteiger partial charge in [-0.15, -0.1) is 0 Å². The first kappa shape index (κ1) is 25.8. The predicted octanol–water partition coefficient (Wildman–Crippen LogP) is 3.75. The van der Waals surface area contributed by atoms with E-state index in [0.29, 0.717) is 22.8 Å². The predicted molar refractivity (Wildman–Crippen MR) is 150 cm³/mol. The summed E-state index contributed by atoms with van der Waals surface area (Å²) in [7, 11) is 0. The molecular formula is C29H33N5O4S. The molecule has 3 fully saturated rings. The van der Waals surface area contributed by atoms with Crippen LogP contribution in [0.3, 0.4) is 0 Å². The molecule has 4 N–H and O–H groups in total. The van der Waals surface area contributed by atoms with Crippen molar-refractivity contribution in [1.29, 1.82) is 0 Å². The van der Waals surface area contributed by atoms with E-state index in [1.807, 2.05) is 60.4 Å². The van der Waals surface area contributed by atoms with E-state index in [0.717, 1.165) is 55.6 Å². The van der Waals surface area contributed by atoms with Gasteiger partial charge in [-0.2, -0.15) is 0 Å². The van der Waals surface area contributed by atoms with Gasteiger partial charge in [-0.3, -0.25) is 14.5 Å². The molecule has 5 atom stereocenters. The van der Waals surface area contributed by atoms with Crippen LogP contribution in [-0.2, 0) is 9.59 Å². The molecule has 1 aliphatic carbocycles. The molecule has 6 rings (SSSR count). The van der Waals surface area contributed by atoms with Crippen LogP contribution in [0.1, 0.15) is 37.7 Å². The van der Waals surface area contributed by atoms with E-state index in [2.05, 4.69) is 21.3 Å². The molecule has 4 amide bonds. The van der Waals surface area contributed by atoms with Crippen molar-refractivity contribution in [3.8, 4) is 11.5 Å². The highest BCUT2D eigenvalue weighted by Gasteiger charge is 2.52. The van der Waals surface area contributed by atoms with Gasteiger partial charge in [0.15, 0.2) is 0 Å². The standard InChI is InChI=1S/C29H33N5O4S/c1-17-15-19(38-18-7-3-2-4-8-18)11-12-22(17)34-23-13-14-30-28-24(23)25(33-29(34)37)26(39-28)27(36)32-21-10-6-5-9-20(21)31-16-35/h2-4,7-8,11-12,15-16,20-21,23-24,28,30H,5-6,9-10,13-14H2,1H3,(H,31,35)(H,32,36)(H,33,37)/t20-,21-,23?,24?,28?/m0/s1. The van der Waals surface area contributed by atoms with E-state index < -0.39 is 0 Å². The normalized spacial score (nSPS) is 27.9. The van der Waals surface area contributed by atoms with E-state index in [9.17, 15) is 14.4 Å². The number of thioether (sulfide) groups is 1. The van der Waals surface area contributed by atoms with E-state index in [1.54, 1.807) is 0 Å². The number of amides is 4. The molecule has 1 saturated carbocycles. The Hall–Kier alpha value is -3.50. The van der Waals surface area contributed by atoms with Crippen molar-refractivity contribution in [2.45, 2.75) is 62.5 Å². The smallest absolute Gasteiger partial charge is 0.326 e. The van der Waals surface area contributed by atoms with Gasteiger partial charge in [0.2, 0.25) is 6.41 Å². The summed E-state index contributed by atoms with van der Waals surface area (Å²) in [6.07, 6.45) is 5.20. The minimum atomic E-state index is -0.224. The Morgan fingerprint density at radius 1 is 1.08 bits per heavy atom. The van der Waals surface area contributed by atoms with E-state index >= 15 is 0 Å². The lowest BCUT2D eigenvalue weighted by Crippen LogP contribution is -2.62. The zero-order valence-corrected chi connectivity index (χ0v) is 22.6. The first-order chi connectivity index (χ1) is 19.0. The quantitative estimate of drug-likeness (QED) is 0.393. The zero-order chi connectivity index (χ0) is 26.9. The van der Waals surface area contributed by atoms with Crippen molar-refractivity contribution in [2.24, 2.45) is 5.92 Å². The van der Waals surface area contributed by atoms with Gasteiger partial charge >= 0.3 is 6.03 Å². The molecule has 2 saturated heterocycles. The zero-order valence-electron chi connectivity index (χ0n) is 21.8. The number of rotatable bonds is 7. The van der Waals surface area contributed by atoms with E-state index in [1.165, 1.54) is 11.8 Å².